The number of halogens is 1. The van der Waals surface area contributed by atoms with Crippen molar-refractivity contribution in [3.63, 3.8) is 0 Å². The molecule has 104 valence electrons. The Morgan fingerprint density at radius 1 is 1.35 bits per heavy atom. The van der Waals surface area contributed by atoms with Crippen molar-refractivity contribution in [2.24, 2.45) is 5.73 Å². The lowest BCUT2D eigenvalue weighted by Crippen LogP contribution is -2.09. The molecule has 1 heterocycles. The number of benzene rings is 1. The Morgan fingerprint density at radius 2 is 2.15 bits per heavy atom. The van der Waals surface area contributed by atoms with Gasteiger partial charge >= 0.3 is 0 Å². The third-order valence-electron chi connectivity index (χ3n) is 2.69. The maximum Gasteiger partial charge on any atom is 0.161 e. The molecule has 0 aliphatic carbocycles. The smallest absolute Gasteiger partial charge is 0.161 e. The second kappa shape index (κ2) is 6.54. The predicted octanol–water partition coefficient (Wildman–Crippen LogP) is 2.96. The monoisotopic (exact) mass is 308 g/mol. The van der Waals surface area contributed by atoms with Crippen molar-refractivity contribution in [1.29, 1.82) is 0 Å². The molecule has 2 aromatic rings. The topological polar surface area (TPSA) is 57.4 Å². The van der Waals surface area contributed by atoms with E-state index in [4.69, 9.17) is 39.0 Å². The zero-order valence-corrected chi connectivity index (χ0v) is 12.4. The molecule has 0 unspecified atom stereocenters. The lowest BCUT2D eigenvalue weighted by molar-refractivity contribution is 0.284. The first kappa shape index (κ1) is 14.6. The standard InChI is InChI=1S/C14H13ClN2O2S/c1-18-13-6-9(14(16)20)2-3-12(13)19-8-10-4-5-17-7-11(10)15/h2-7H,8H2,1H3,(H2,16,20). The van der Waals surface area contributed by atoms with E-state index >= 15 is 0 Å². The average molecular weight is 309 g/mol. The van der Waals surface area contributed by atoms with Crippen LogP contribution in [0.15, 0.2) is 36.7 Å². The highest BCUT2D eigenvalue weighted by atomic mass is 35.5. The highest BCUT2D eigenvalue weighted by Crippen LogP contribution is 2.29. The minimum absolute atomic E-state index is 0.312. The normalized spacial score (nSPS) is 10.1. The number of rotatable bonds is 5. The van der Waals surface area contributed by atoms with Crippen LogP contribution in [0.2, 0.25) is 5.02 Å². The first-order valence-corrected chi connectivity index (χ1v) is 6.59. The van der Waals surface area contributed by atoms with E-state index in [1.807, 2.05) is 0 Å². The number of ether oxygens (including phenoxy) is 2. The van der Waals surface area contributed by atoms with Crippen LogP contribution in [0.25, 0.3) is 0 Å². The summed E-state index contributed by atoms with van der Waals surface area (Å²) in [5.41, 5.74) is 7.16. The van der Waals surface area contributed by atoms with Gasteiger partial charge in [0.2, 0.25) is 0 Å². The van der Waals surface area contributed by atoms with Crippen LogP contribution in [-0.2, 0) is 6.61 Å². The molecular weight excluding hydrogens is 296 g/mol. The van der Waals surface area contributed by atoms with Gasteiger partial charge in [0, 0.05) is 23.5 Å². The lowest BCUT2D eigenvalue weighted by Gasteiger charge is -2.12. The van der Waals surface area contributed by atoms with E-state index in [0.717, 1.165) is 11.1 Å². The number of aromatic nitrogens is 1. The van der Waals surface area contributed by atoms with Crippen molar-refractivity contribution < 1.29 is 9.47 Å². The van der Waals surface area contributed by atoms with Gasteiger partial charge in [-0.05, 0) is 24.3 Å². The van der Waals surface area contributed by atoms with Crippen molar-refractivity contribution >= 4 is 28.8 Å². The molecule has 20 heavy (non-hydrogen) atoms. The van der Waals surface area contributed by atoms with Crippen LogP contribution in [0.1, 0.15) is 11.1 Å². The summed E-state index contributed by atoms with van der Waals surface area (Å²) < 4.78 is 11.0. The largest absolute Gasteiger partial charge is 0.493 e. The van der Waals surface area contributed by atoms with Crippen molar-refractivity contribution in [1.82, 2.24) is 4.98 Å². The van der Waals surface area contributed by atoms with Crippen molar-refractivity contribution in [3.05, 3.63) is 52.8 Å². The summed E-state index contributed by atoms with van der Waals surface area (Å²) in [6.07, 6.45) is 3.24. The summed E-state index contributed by atoms with van der Waals surface area (Å²) >= 11 is 11.0. The van der Waals surface area contributed by atoms with E-state index in [-0.39, 0.29) is 0 Å². The van der Waals surface area contributed by atoms with Crippen LogP contribution in [-0.4, -0.2) is 17.1 Å². The highest BCUT2D eigenvalue weighted by molar-refractivity contribution is 7.80. The van der Waals surface area contributed by atoms with E-state index in [1.54, 1.807) is 43.8 Å². The summed E-state index contributed by atoms with van der Waals surface area (Å²) in [4.78, 5) is 4.24. The van der Waals surface area contributed by atoms with Gasteiger partial charge in [-0.3, -0.25) is 4.98 Å². The average Bonchev–Trinajstić information content (AvgIpc) is 2.46. The molecule has 2 rings (SSSR count). The molecule has 1 aromatic carbocycles. The van der Waals surface area contributed by atoms with Gasteiger partial charge in [-0.2, -0.15) is 0 Å². The fourth-order valence-corrected chi connectivity index (χ4v) is 1.92. The molecule has 0 radical (unpaired) electrons. The molecule has 2 N–H and O–H groups in total. The third kappa shape index (κ3) is 3.37. The molecule has 1 aromatic heterocycles. The van der Waals surface area contributed by atoms with Crippen molar-refractivity contribution in [2.75, 3.05) is 7.11 Å². The molecule has 0 aliphatic heterocycles. The second-order valence-corrected chi connectivity index (χ2v) is 4.83. The number of nitrogens with zero attached hydrogens (tertiary/aromatic N) is 1. The van der Waals surface area contributed by atoms with Crippen LogP contribution in [0.3, 0.4) is 0 Å². The number of pyridine rings is 1. The van der Waals surface area contributed by atoms with Crippen molar-refractivity contribution in [2.45, 2.75) is 6.61 Å². The molecule has 6 heteroatoms. The summed E-state index contributed by atoms with van der Waals surface area (Å²) in [6, 6.07) is 7.10. The Hall–Kier alpha value is -1.85. The molecule has 0 fully saturated rings. The Kier molecular flexibility index (Phi) is 4.76. The molecule has 0 atom stereocenters. The summed E-state index contributed by atoms with van der Waals surface area (Å²) in [6.45, 7) is 0.324. The number of hydrogen-bond acceptors (Lipinski definition) is 4. The number of hydrogen-bond donors (Lipinski definition) is 1. The van der Waals surface area contributed by atoms with Gasteiger partial charge in [0.15, 0.2) is 11.5 Å². The van der Waals surface area contributed by atoms with E-state index in [1.165, 1.54) is 0 Å². The maximum atomic E-state index is 6.02. The van der Waals surface area contributed by atoms with E-state index in [2.05, 4.69) is 4.98 Å². The fourth-order valence-electron chi connectivity index (χ4n) is 1.62. The molecule has 4 nitrogen and oxygen atoms in total. The van der Waals surface area contributed by atoms with E-state index in [9.17, 15) is 0 Å². The second-order valence-electron chi connectivity index (χ2n) is 3.99. The summed E-state index contributed by atoms with van der Waals surface area (Å²) in [5, 5.41) is 0.561. The zero-order valence-electron chi connectivity index (χ0n) is 10.8. The molecule has 0 amide bonds. The predicted molar refractivity (Wildman–Crippen MR) is 82.5 cm³/mol. The Balaban J connectivity index is 2.17. The zero-order chi connectivity index (χ0) is 14.5. The molecule has 0 aliphatic rings. The van der Waals surface area contributed by atoms with Crippen LogP contribution in [0.4, 0.5) is 0 Å². The van der Waals surface area contributed by atoms with Gasteiger partial charge in [0.05, 0.1) is 12.1 Å². The maximum absolute atomic E-state index is 6.02. The Bertz CT molecular complexity index is 634. The van der Waals surface area contributed by atoms with E-state index in [0.29, 0.717) is 28.1 Å². The van der Waals surface area contributed by atoms with Gasteiger partial charge in [0.1, 0.15) is 11.6 Å². The molecule has 0 spiro atoms. The SMILES string of the molecule is COc1cc(C(N)=S)ccc1OCc1ccncc1Cl. The first-order chi connectivity index (χ1) is 9.61. The lowest BCUT2D eigenvalue weighted by atomic mass is 10.2. The van der Waals surface area contributed by atoms with Gasteiger partial charge in [-0.15, -0.1) is 0 Å². The van der Waals surface area contributed by atoms with Crippen molar-refractivity contribution in [3.8, 4) is 11.5 Å². The Labute approximate surface area is 127 Å². The number of methoxy groups -OCH3 is 1. The number of thiocarbonyl (C=S) groups is 1. The van der Waals surface area contributed by atoms with Crippen LogP contribution < -0.4 is 15.2 Å². The van der Waals surface area contributed by atoms with Crippen LogP contribution in [0, 0.1) is 0 Å². The minimum atomic E-state index is 0.312. The van der Waals surface area contributed by atoms with Gasteiger partial charge in [0.25, 0.3) is 0 Å². The van der Waals surface area contributed by atoms with Gasteiger partial charge in [-0.1, -0.05) is 23.8 Å². The summed E-state index contributed by atoms with van der Waals surface area (Å²) in [5.74, 6) is 1.17. The molecular formula is C14H13ClN2O2S. The molecule has 0 saturated carbocycles. The fraction of sp³-hybridized carbons (Fsp3) is 0.143. The third-order valence-corrected chi connectivity index (χ3v) is 3.26. The first-order valence-electron chi connectivity index (χ1n) is 5.81. The highest BCUT2D eigenvalue weighted by Gasteiger charge is 2.08. The molecule has 0 bridgehead atoms. The quantitative estimate of drug-likeness (QED) is 0.861. The number of nitrogens with two attached hydrogens (primary N) is 1. The summed E-state index contributed by atoms with van der Waals surface area (Å²) in [7, 11) is 1.56. The van der Waals surface area contributed by atoms with Gasteiger partial charge < -0.3 is 15.2 Å². The Morgan fingerprint density at radius 3 is 2.80 bits per heavy atom. The van der Waals surface area contributed by atoms with E-state index < -0.39 is 0 Å². The minimum Gasteiger partial charge on any atom is -0.493 e. The molecule has 0 saturated heterocycles. The van der Waals surface area contributed by atoms with Crippen LogP contribution >= 0.6 is 23.8 Å². The van der Waals surface area contributed by atoms with Crippen LogP contribution in [0.5, 0.6) is 11.5 Å². The van der Waals surface area contributed by atoms with Gasteiger partial charge in [-0.25, -0.2) is 0 Å².